The summed E-state index contributed by atoms with van der Waals surface area (Å²) in [7, 11) is 1.25. The average Bonchev–Trinajstić information content (AvgIpc) is 2.98. The van der Waals surface area contributed by atoms with Crippen LogP contribution in [-0.2, 0) is 9.53 Å². The number of aliphatic hydroxyl groups excluding tert-OH is 1. The van der Waals surface area contributed by atoms with Crippen LogP contribution in [0.15, 0.2) is 0 Å². The average molecular weight is 217 g/mol. The second-order valence-electron chi connectivity index (χ2n) is 4.19. The SMILES string of the molecule is COC(=O)C(C)(O)CN(CCO)C1CC1. The quantitative estimate of drug-likeness (QED) is 0.580. The maximum absolute atomic E-state index is 11.3. The Morgan fingerprint density at radius 1 is 1.60 bits per heavy atom. The molecule has 5 heteroatoms. The van der Waals surface area contributed by atoms with Crippen LogP contribution in [0.2, 0.25) is 0 Å². The van der Waals surface area contributed by atoms with Crippen molar-refractivity contribution < 1.29 is 19.7 Å². The zero-order valence-corrected chi connectivity index (χ0v) is 9.27. The van der Waals surface area contributed by atoms with Gasteiger partial charge in [0.1, 0.15) is 0 Å². The molecule has 0 aromatic carbocycles. The minimum Gasteiger partial charge on any atom is -0.467 e. The van der Waals surface area contributed by atoms with Gasteiger partial charge in [-0.3, -0.25) is 4.90 Å². The third-order valence-corrected chi connectivity index (χ3v) is 2.59. The fraction of sp³-hybridized carbons (Fsp3) is 0.900. The summed E-state index contributed by atoms with van der Waals surface area (Å²) in [5.41, 5.74) is -1.49. The van der Waals surface area contributed by atoms with Gasteiger partial charge in [0.2, 0.25) is 0 Å². The van der Waals surface area contributed by atoms with Gasteiger partial charge >= 0.3 is 5.97 Å². The number of hydrogen-bond acceptors (Lipinski definition) is 5. The number of methoxy groups -OCH3 is 1. The van der Waals surface area contributed by atoms with Crippen LogP contribution < -0.4 is 0 Å². The summed E-state index contributed by atoms with van der Waals surface area (Å²) in [5, 5.41) is 18.7. The molecule has 1 rings (SSSR count). The fourth-order valence-electron chi connectivity index (χ4n) is 1.64. The predicted molar refractivity (Wildman–Crippen MR) is 54.3 cm³/mol. The Hall–Kier alpha value is -0.650. The molecule has 0 radical (unpaired) electrons. The van der Waals surface area contributed by atoms with Crippen LogP contribution in [0.5, 0.6) is 0 Å². The Bertz CT molecular complexity index is 225. The molecule has 1 fully saturated rings. The van der Waals surface area contributed by atoms with Crippen molar-refractivity contribution >= 4 is 5.97 Å². The summed E-state index contributed by atoms with van der Waals surface area (Å²) in [5.74, 6) is -0.633. The van der Waals surface area contributed by atoms with Crippen molar-refractivity contribution in [2.24, 2.45) is 0 Å². The number of hydrogen-bond donors (Lipinski definition) is 2. The molecule has 0 saturated heterocycles. The van der Waals surface area contributed by atoms with Gasteiger partial charge in [0, 0.05) is 19.1 Å². The van der Waals surface area contributed by atoms with E-state index in [9.17, 15) is 9.90 Å². The Morgan fingerprint density at radius 3 is 2.60 bits per heavy atom. The second kappa shape index (κ2) is 4.92. The zero-order chi connectivity index (χ0) is 11.5. The van der Waals surface area contributed by atoms with Crippen molar-refractivity contribution in [3.63, 3.8) is 0 Å². The molecular formula is C10H19NO4. The summed E-state index contributed by atoms with van der Waals surface area (Å²) in [6.07, 6.45) is 2.13. The molecule has 0 aromatic rings. The lowest BCUT2D eigenvalue weighted by Gasteiger charge is -2.29. The highest BCUT2D eigenvalue weighted by Crippen LogP contribution is 2.28. The van der Waals surface area contributed by atoms with Crippen LogP contribution in [0.1, 0.15) is 19.8 Å². The van der Waals surface area contributed by atoms with E-state index in [2.05, 4.69) is 4.74 Å². The lowest BCUT2D eigenvalue weighted by atomic mass is 10.1. The minimum absolute atomic E-state index is 0.0355. The smallest absolute Gasteiger partial charge is 0.338 e. The monoisotopic (exact) mass is 217 g/mol. The molecule has 0 spiro atoms. The van der Waals surface area contributed by atoms with Crippen LogP contribution in [0, 0.1) is 0 Å². The van der Waals surface area contributed by atoms with E-state index in [1.807, 2.05) is 4.90 Å². The molecule has 1 unspecified atom stereocenters. The molecule has 0 aromatic heterocycles. The van der Waals surface area contributed by atoms with Gasteiger partial charge < -0.3 is 14.9 Å². The van der Waals surface area contributed by atoms with Crippen molar-refractivity contribution in [1.29, 1.82) is 0 Å². The van der Waals surface area contributed by atoms with Gasteiger partial charge in [0.05, 0.1) is 13.7 Å². The minimum atomic E-state index is -1.49. The van der Waals surface area contributed by atoms with Gasteiger partial charge in [-0.15, -0.1) is 0 Å². The molecule has 15 heavy (non-hydrogen) atoms. The first-order chi connectivity index (χ1) is 7.01. The van der Waals surface area contributed by atoms with Gasteiger partial charge in [0.15, 0.2) is 5.60 Å². The Morgan fingerprint density at radius 2 is 2.20 bits per heavy atom. The van der Waals surface area contributed by atoms with E-state index in [0.717, 1.165) is 12.8 Å². The number of carbonyl (C=O) groups is 1. The van der Waals surface area contributed by atoms with Crippen LogP contribution in [-0.4, -0.2) is 59.5 Å². The molecule has 88 valence electrons. The largest absolute Gasteiger partial charge is 0.467 e. The number of esters is 1. The van der Waals surface area contributed by atoms with Gasteiger partial charge in [0.25, 0.3) is 0 Å². The van der Waals surface area contributed by atoms with E-state index in [1.165, 1.54) is 14.0 Å². The van der Waals surface area contributed by atoms with Crippen molar-refractivity contribution in [2.45, 2.75) is 31.4 Å². The van der Waals surface area contributed by atoms with Crippen LogP contribution in [0.4, 0.5) is 0 Å². The molecule has 1 atom stereocenters. The van der Waals surface area contributed by atoms with Crippen molar-refractivity contribution in [3.8, 4) is 0 Å². The summed E-state index contributed by atoms with van der Waals surface area (Å²) in [6.45, 7) is 2.17. The topological polar surface area (TPSA) is 70.0 Å². The number of rotatable bonds is 6. The van der Waals surface area contributed by atoms with Crippen molar-refractivity contribution in [2.75, 3.05) is 26.8 Å². The lowest BCUT2D eigenvalue weighted by Crippen LogP contribution is -2.48. The number of carbonyl (C=O) groups excluding carboxylic acids is 1. The summed E-state index contributed by atoms with van der Waals surface area (Å²) < 4.78 is 4.52. The maximum Gasteiger partial charge on any atom is 0.338 e. The Labute approximate surface area is 89.6 Å². The van der Waals surface area contributed by atoms with E-state index >= 15 is 0 Å². The third kappa shape index (κ3) is 3.44. The summed E-state index contributed by atoms with van der Waals surface area (Å²) in [6, 6.07) is 0.397. The van der Waals surface area contributed by atoms with Gasteiger partial charge in [-0.1, -0.05) is 0 Å². The first-order valence-corrected chi connectivity index (χ1v) is 5.17. The summed E-state index contributed by atoms with van der Waals surface area (Å²) >= 11 is 0. The molecule has 1 aliphatic rings. The molecule has 1 saturated carbocycles. The van der Waals surface area contributed by atoms with E-state index < -0.39 is 11.6 Å². The normalized spacial score (nSPS) is 20.1. The second-order valence-corrected chi connectivity index (χ2v) is 4.19. The molecule has 5 nitrogen and oxygen atoms in total. The van der Waals surface area contributed by atoms with Crippen LogP contribution in [0.3, 0.4) is 0 Å². The summed E-state index contributed by atoms with van der Waals surface area (Å²) in [4.78, 5) is 13.2. The predicted octanol–water partition coefficient (Wildman–Crippen LogP) is -0.633. The zero-order valence-electron chi connectivity index (χ0n) is 9.27. The molecular weight excluding hydrogens is 198 g/mol. The molecule has 0 amide bonds. The highest BCUT2D eigenvalue weighted by atomic mass is 16.5. The van der Waals surface area contributed by atoms with E-state index in [4.69, 9.17) is 5.11 Å². The molecule has 1 aliphatic carbocycles. The number of nitrogens with zero attached hydrogens (tertiary/aromatic N) is 1. The molecule has 0 heterocycles. The van der Waals surface area contributed by atoms with Gasteiger partial charge in [-0.2, -0.15) is 0 Å². The maximum atomic E-state index is 11.3. The first kappa shape index (κ1) is 12.4. The van der Waals surface area contributed by atoms with E-state index in [-0.39, 0.29) is 13.2 Å². The highest BCUT2D eigenvalue weighted by molar-refractivity contribution is 5.78. The molecule has 0 aliphatic heterocycles. The lowest BCUT2D eigenvalue weighted by molar-refractivity contribution is -0.162. The number of ether oxygens (including phenoxy) is 1. The standard InChI is InChI=1S/C10H19NO4/c1-10(14,9(13)15-2)7-11(5-6-12)8-3-4-8/h8,12,14H,3-7H2,1-2H3. The van der Waals surface area contributed by atoms with Gasteiger partial charge in [-0.05, 0) is 19.8 Å². The van der Waals surface area contributed by atoms with Crippen LogP contribution in [0.25, 0.3) is 0 Å². The fourth-order valence-corrected chi connectivity index (χ4v) is 1.64. The Kier molecular flexibility index (Phi) is 4.07. The molecule has 2 N–H and O–H groups in total. The number of aliphatic hydroxyl groups is 2. The highest BCUT2D eigenvalue weighted by Gasteiger charge is 2.38. The van der Waals surface area contributed by atoms with E-state index in [0.29, 0.717) is 12.6 Å². The Balaban J connectivity index is 2.51. The third-order valence-electron chi connectivity index (χ3n) is 2.59. The first-order valence-electron chi connectivity index (χ1n) is 5.17. The van der Waals surface area contributed by atoms with Crippen LogP contribution >= 0.6 is 0 Å². The van der Waals surface area contributed by atoms with E-state index in [1.54, 1.807) is 0 Å². The molecule has 0 bridgehead atoms. The van der Waals surface area contributed by atoms with Crippen molar-refractivity contribution in [1.82, 2.24) is 4.90 Å². The van der Waals surface area contributed by atoms with Gasteiger partial charge in [-0.25, -0.2) is 4.79 Å². The van der Waals surface area contributed by atoms with Crippen molar-refractivity contribution in [3.05, 3.63) is 0 Å².